The fraction of sp³-hybridized carbons (Fsp3) is 0.562. The van der Waals surface area contributed by atoms with Gasteiger partial charge in [0, 0.05) is 10.3 Å². The Morgan fingerprint density at radius 2 is 1.87 bits per heavy atom. The van der Waals surface area contributed by atoms with Gasteiger partial charge in [-0.15, -0.1) is 0 Å². The molecule has 1 unspecified atom stereocenters. The molecule has 1 aliphatic heterocycles. The summed E-state index contributed by atoms with van der Waals surface area (Å²) < 4.78 is 30.9. The lowest BCUT2D eigenvalue weighted by atomic mass is 9.66. The van der Waals surface area contributed by atoms with Crippen molar-refractivity contribution in [1.29, 1.82) is 0 Å². The Kier molecular flexibility index (Phi) is 5.23. The van der Waals surface area contributed by atoms with E-state index in [9.17, 15) is 9.18 Å². The molecule has 7 heteroatoms. The van der Waals surface area contributed by atoms with Crippen LogP contribution in [0.15, 0.2) is 22.7 Å². The second-order valence-electron chi connectivity index (χ2n) is 6.68. The fourth-order valence-electron chi connectivity index (χ4n) is 2.47. The molecule has 0 saturated carbocycles. The highest BCUT2D eigenvalue weighted by Crippen LogP contribution is 2.43. The molecule has 0 N–H and O–H groups in total. The highest BCUT2D eigenvalue weighted by molar-refractivity contribution is 9.10. The van der Waals surface area contributed by atoms with E-state index in [1.165, 1.54) is 19.2 Å². The van der Waals surface area contributed by atoms with E-state index in [1.54, 1.807) is 6.07 Å². The number of hydrogen-bond acceptors (Lipinski definition) is 4. The molecule has 23 heavy (non-hydrogen) atoms. The van der Waals surface area contributed by atoms with E-state index in [0.717, 1.165) is 5.56 Å². The SMILES string of the molecule is COC(=O)CC(B1OC(C)(C)C(C)(C)O1)c1ccc(F)cc1Br. The summed E-state index contributed by atoms with van der Waals surface area (Å²) in [5.74, 6) is -1.13. The third-order valence-corrected chi connectivity index (χ3v) is 5.26. The molecule has 1 aromatic rings. The van der Waals surface area contributed by atoms with Gasteiger partial charge in [0.05, 0.1) is 24.7 Å². The van der Waals surface area contributed by atoms with Crippen LogP contribution in [0, 0.1) is 5.82 Å². The number of ether oxygens (including phenoxy) is 1. The van der Waals surface area contributed by atoms with Crippen LogP contribution in [0.2, 0.25) is 0 Å². The Hall–Kier alpha value is -0.915. The zero-order valence-electron chi connectivity index (χ0n) is 14.0. The summed E-state index contributed by atoms with van der Waals surface area (Å²) in [4.78, 5) is 11.8. The van der Waals surface area contributed by atoms with Crippen molar-refractivity contribution in [2.75, 3.05) is 7.11 Å². The smallest absolute Gasteiger partial charge is 0.466 e. The van der Waals surface area contributed by atoms with Crippen molar-refractivity contribution in [3.05, 3.63) is 34.1 Å². The van der Waals surface area contributed by atoms with Gasteiger partial charge in [-0.2, -0.15) is 0 Å². The van der Waals surface area contributed by atoms with Crippen molar-refractivity contribution in [3.63, 3.8) is 0 Å². The summed E-state index contributed by atoms with van der Waals surface area (Å²) in [6, 6.07) is 4.36. The Labute approximate surface area is 145 Å². The molecule has 0 spiro atoms. The molecular formula is C16H21BBrFO4. The Bertz CT molecular complexity index is 590. The molecule has 1 fully saturated rings. The van der Waals surface area contributed by atoms with Gasteiger partial charge in [0.15, 0.2) is 0 Å². The van der Waals surface area contributed by atoms with Gasteiger partial charge in [0.1, 0.15) is 5.82 Å². The largest absolute Gasteiger partial charge is 0.469 e. The molecule has 1 heterocycles. The molecule has 1 atom stereocenters. The minimum atomic E-state index is -0.624. The number of benzene rings is 1. The van der Waals surface area contributed by atoms with Crippen LogP contribution >= 0.6 is 15.9 Å². The summed E-state index contributed by atoms with van der Waals surface area (Å²) >= 11 is 3.36. The van der Waals surface area contributed by atoms with Gasteiger partial charge in [0.25, 0.3) is 0 Å². The maximum Gasteiger partial charge on any atom is 0.466 e. The van der Waals surface area contributed by atoms with Crippen LogP contribution in [-0.2, 0) is 18.8 Å². The average molecular weight is 387 g/mol. The maximum atomic E-state index is 13.4. The van der Waals surface area contributed by atoms with Crippen molar-refractivity contribution in [3.8, 4) is 0 Å². The van der Waals surface area contributed by atoms with Gasteiger partial charge in [-0.1, -0.05) is 22.0 Å². The van der Waals surface area contributed by atoms with Crippen LogP contribution in [0.1, 0.15) is 45.5 Å². The first kappa shape index (κ1) is 18.4. The molecular weight excluding hydrogens is 366 g/mol. The van der Waals surface area contributed by atoms with E-state index in [4.69, 9.17) is 14.0 Å². The molecule has 1 saturated heterocycles. The molecule has 4 nitrogen and oxygen atoms in total. The van der Waals surface area contributed by atoms with E-state index in [2.05, 4.69) is 15.9 Å². The number of halogens is 2. The quantitative estimate of drug-likeness (QED) is 0.582. The predicted octanol–water partition coefficient (Wildman–Crippen LogP) is 3.87. The predicted molar refractivity (Wildman–Crippen MR) is 89.6 cm³/mol. The summed E-state index contributed by atoms with van der Waals surface area (Å²) in [6.45, 7) is 7.79. The summed E-state index contributed by atoms with van der Waals surface area (Å²) in [5.41, 5.74) is -0.285. The van der Waals surface area contributed by atoms with Gasteiger partial charge in [-0.25, -0.2) is 4.39 Å². The molecule has 0 aliphatic carbocycles. The van der Waals surface area contributed by atoms with Crippen LogP contribution in [0.4, 0.5) is 4.39 Å². The average Bonchev–Trinajstić information content (AvgIpc) is 2.65. The van der Waals surface area contributed by atoms with Crippen molar-refractivity contribution < 1.29 is 23.2 Å². The van der Waals surface area contributed by atoms with E-state index >= 15 is 0 Å². The Balaban J connectivity index is 2.38. The molecule has 0 bridgehead atoms. The molecule has 1 aliphatic rings. The number of carbonyl (C=O) groups excluding carboxylic acids is 1. The Morgan fingerprint density at radius 3 is 2.35 bits per heavy atom. The van der Waals surface area contributed by atoms with Crippen LogP contribution in [-0.4, -0.2) is 31.4 Å². The highest BCUT2D eigenvalue weighted by atomic mass is 79.9. The number of hydrogen-bond donors (Lipinski definition) is 0. The number of carbonyl (C=O) groups is 1. The minimum Gasteiger partial charge on any atom is -0.469 e. The lowest BCUT2D eigenvalue weighted by molar-refractivity contribution is -0.140. The number of rotatable bonds is 4. The van der Waals surface area contributed by atoms with E-state index < -0.39 is 24.1 Å². The molecule has 0 radical (unpaired) electrons. The third kappa shape index (κ3) is 3.78. The minimum absolute atomic E-state index is 0.0809. The van der Waals surface area contributed by atoms with Gasteiger partial charge >= 0.3 is 13.1 Å². The van der Waals surface area contributed by atoms with Gasteiger partial charge in [-0.05, 0) is 45.4 Å². The molecule has 0 amide bonds. The molecule has 2 rings (SSSR count). The number of methoxy groups -OCH3 is 1. The first-order valence-electron chi connectivity index (χ1n) is 7.45. The van der Waals surface area contributed by atoms with E-state index in [1.807, 2.05) is 27.7 Å². The van der Waals surface area contributed by atoms with E-state index in [-0.39, 0.29) is 18.2 Å². The standard InChI is InChI=1S/C16H21BBrFO4/c1-15(2)16(3,4)23-17(22-15)12(9-14(20)21-5)11-7-6-10(19)8-13(11)18/h6-8,12H,9H2,1-5H3. The fourth-order valence-corrected chi connectivity index (χ4v) is 3.12. The van der Waals surface area contributed by atoms with E-state index in [0.29, 0.717) is 4.47 Å². The molecule has 0 aromatic heterocycles. The van der Waals surface area contributed by atoms with Crippen molar-refractivity contribution in [2.45, 2.75) is 51.1 Å². The number of esters is 1. The molecule has 1 aromatic carbocycles. The zero-order valence-corrected chi connectivity index (χ0v) is 15.6. The maximum absolute atomic E-state index is 13.4. The normalized spacial score (nSPS) is 20.4. The first-order chi connectivity index (χ1) is 10.6. The molecule has 126 valence electrons. The summed E-state index contributed by atoms with van der Waals surface area (Å²) in [5, 5.41) is 0. The van der Waals surface area contributed by atoms with Crippen LogP contribution in [0.3, 0.4) is 0 Å². The van der Waals surface area contributed by atoms with Gasteiger partial charge in [0.2, 0.25) is 0 Å². The Morgan fingerprint density at radius 1 is 1.30 bits per heavy atom. The zero-order chi connectivity index (χ0) is 17.4. The lowest BCUT2D eigenvalue weighted by Crippen LogP contribution is -2.41. The third-order valence-electron chi connectivity index (χ3n) is 4.58. The van der Waals surface area contributed by atoms with Gasteiger partial charge < -0.3 is 14.0 Å². The van der Waals surface area contributed by atoms with Crippen LogP contribution in [0.25, 0.3) is 0 Å². The summed E-state index contributed by atoms with van der Waals surface area (Å²) in [7, 11) is 0.712. The van der Waals surface area contributed by atoms with Gasteiger partial charge in [-0.3, -0.25) is 4.79 Å². The monoisotopic (exact) mass is 386 g/mol. The highest BCUT2D eigenvalue weighted by Gasteiger charge is 2.54. The topological polar surface area (TPSA) is 44.8 Å². The summed E-state index contributed by atoms with van der Waals surface area (Å²) in [6.07, 6.45) is 0.0809. The van der Waals surface area contributed by atoms with Crippen molar-refractivity contribution >= 4 is 29.0 Å². The first-order valence-corrected chi connectivity index (χ1v) is 8.24. The second-order valence-corrected chi connectivity index (χ2v) is 7.53. The van der Waals surface area contributed by atoms with Crippen molar-refractivity contribution in [2.24, 2.45) is 0 Å². The second kappa shape index (κ2) is 6.53. The lowest BCUT2D eigenvalue weighted by Gasteiger charge is -2.32. The van der Waals surface area contributed by atoms with Crippen molar-refractivity contribution in [1.82, 2.24) is 0 Å². The van der Waals surface area contributed by atoms with Crippen LogP contribution < -0.4 is 0 Å². The van der Waals surface area contributed by atoms with Crippen LogP contribution in [0.5, 0.6) is 0 Å².